The van der Waals surface area contributed by atoms with Crippen LogP contribution < -0.4 is 9.47 Å². The van der Waals surface area contributed by atoms with Crippen LogP contribution >= 0.6 is 0 Å². The summed E-state index contributed by atoms with van der Waals surface area (Å²) >= 11 is 0. The maximum Gasteiger partial charge on any atom is 0.119 e. The molecule has 1 aromatic carbocycles. The third-order valence-corrected chi connectivity index (χ3v) is 2.57. The van der Waals surface area contributed by atoms with Gasteiger partial charge in [-0.2, -0.15) is 0 Å². The van der Waals surface area contributed by atoms with Gasteiger partial charge in [0.15, 0.2) is 0 Å². The normalized spacial score (nSPS) is 17.5. The lowest BCUT2D eigenvalue weighted by Crippen LogP contribution is -2.04. The monoisotopic (exact) mass is 252 g/mol. The molecule has 0 aliphatic carbocycles. The van der Waals surface area contributed by atoms with Gasteiger partial charge < -0.3 is 18.9 Å². The first-order chi connectivity index (χ1) is 8.88. The van der Waals surface area contributed by atoms with Crippen molar-refractivity contribution in [2.45, 2.75) is 19.4 Å². The zero-order chi connectivity index (χ0) is 12.6. The summed E-state index contributed by atoms with van der Waals surface area (Å²) in [6.07, 6.45) is 1.20. The molecule has 18 heavy (non-hydrogen) atoms. The summed E-state index contributed by atoms with van der Waals surface area (Å²) in [7, 11) is 0. The fourth-order valence-electron chi connectivity index (χ4n) is 1.48. The lowest BCUT2D eigenvalue weighted by atomic mass is 10.3. The van der Waals surface area contributed by atoms with Crippen molar-refractivity contribution in [1.29, 1.82) is 0 Å². The van der Waals surface area contributed by atoms with Crippen molar-refractivity contribution in [1.82, 2.24) is 0 Å². The van der Waals surface area contributed by atoms with E-state index >= 15 is 0 Å². The van der Waals surface area contributed by atoms with Crippen molar-refractivity contribution in [3.63, 3.8) is 0 Å². The molecule has 1 atom stereocenters. The van der Waals surface area contributed by atoms with Gasteiger partial charge in [0.25, 0.3) is 0 Å². The first kappa shape index (κ1) is 13.2. The lowest BCUT2D eigenvalue weighted by molar-refractivity contribution is 0.131. The minimum atomic E-state index is 0.291. The van der Waals surface area contributed by atoms with Crippen LogP contribution in [0.3, 0.4) is 0 Å². The number of hydrogen-bond acceptors (Lipinski definition) is 4. The minimum absolute atomic E-state index is 0.291. The Morgan fingerprint density at radius 2 is 1.78 bits per heavy atom. The lowest BCUT2D eigenvalue weighted by Gasteiger charge is -2.08. The molecule has 0 bridgehead atoms. The van der Waals surface area contributed by atoms with Gasteiger partial charge in [-0.15, -0.1) is 0 Å². The molecule has 100 valence electrons. The van der Waals surface area contributed by atoms with Gasteiger partial charge in [-0.25, -0.2) is 0 Å². The Labute approximate surface area is 108 Å². The van der Waals surface area contributed by atoms with Gasteiger partial charge in [-0.1, -0.05) is 0 Å². The fourth-order valence-corrected chi connectivity index (χ4v) is 1.48. The molecule has 0 amide bonds. The molecule has 0 saturated carbocycles. The molecular weight excluding hydrogens is 232 g/mol. The largest absolute Gasteiger partial charge is 0.494 e. The van der Waals surface area contributed by atoms with Crippen molar-refractivity contribution in [3.05, 3.63) is 24.3 Å². The van der Waals surface area contributed by atoms with E-state index < -0.39 is 0 Å². The molecule has 4 heteroatoms. The maximum atomic E-state index is 5.59. The van der Waals surface area contributed by atoms with Crippen LogP contribution in [0.4, 0.5) is 0 Å². The smallest absolute Gasteiger partial charge is 0.119 e. The molecule has 4 nitrogen and oxygen atoms in total. The third kappa shape index (κ3) is 4.94. The molecule has 1 fully saturated rings. The van der Waals surface area contributed by atoms with Gasteiger partial charge in [0, 0.05) is 19.6 Å². The highest BCUT2D eigenvalue weighted by atomic mass is 16.6. The van der Waals surface area contributed by atoms with E-state index in [9.17, 15) is 0 Å². The second-order valence-electron chi connectivity index (χ2n) is 4.14. The Balaban J connectivity index is 1.63. The van der Waals surface area contributed by atoms with Gasteiger partial charge in [-0.3, -0.25) is 0 Å². The van der Waals surface area contributed by atoms with Gasteiger partial charge in [0.05, 0.1) is 13.2 Å². The number of hydrogen-bond donors (Lipinski definition) is 0. The van der Waals surface area contributed by atoms with Crippen molar-refractivity contribution < 1.29 is 18.9 Å². The predicted molar refractivity (Wildman–Crippen MR) is 68.3 cm³/mol. The molecule has 1 aromatic rings. The van der Waals surface area contributed by atoms with Crippen LogP contribution in [-0.4, -0.2) is 39.1 Å². The Hall–Kier alpha value is -1.26. The standard InChI is InChI=1S/C14H20O4/c1-2-15-8-3-9-16-12-4-6-13(7-5-12)17-10-14-11-18-14/h4-7,14H,2-3,8-11H2,1H3. The highest BCUT2D eigenvalue weighted by Crippen LogP contribution is 2.19. The Morgan fingerprint density at radius 1 is 1.11 bits per heavy atom. The van der Waals surface area contributed by atoms with Gasteiger partial charge in [0.1, 0.15) is 24.2 Å². The Morgan fingerprint density at radius 3 is 2.39 bits per heavy atom. The summed E-state index contributed by atoms with van der Waals surface area (Å²) in [4.78, 5) is 0. The second kappa shape index (κ2) is 7.24. The van der Waals surface area contributed by atoms with Crippen LogP contribution in [0.5, 0.6) is 11.5 Å². The predicted octanol–water partition coefficient (Wildman–Crippen LogP) is 2.27. The van der Waals surface area contributed by atoms with Crippen molar-refractivity contribution in [2.75, 3.05) is 33.0 Å². The van der Waals surface area contributed by atoms with E-state index in [1.165, 1.54) is 0 Å². The molecule has 0 radical (unpaired) electrons. The highest BCUT2D eigenvalue weighted by molar-refractivity contribution is 5.31. The first-order valence-electron chi connectivity index (χ1n) is 6.43. The second-order valence-corrected chi connectivity index (χ2v) is 4.14. The zero-order valence-corrected chi connectivity index (χ0v) is 10.8. The molecule has 1 saturated heterocycles. The number of ether oxygens (including phenoxy) is 4. The summed E-state index contributed by atoms with van der Waals surface area (Å²) in [5.74, 6) is 1.72. The Kier molecular flexibility index (Phi) is 5.30. The van der Waals surface area contributed by atoms with Gasteiger partial charge in [-0.05, 0) is 31.2 Å². The summed E-state index contributed by atoms with van der Waals surface area (Å²) in [5.41, 5.74) is 0. The van der Waals surface area contributed by atoms with Gasteiger partial charge in [0.2, 0.25) is 0 Å². The van der Waals surface area contributed by atoms with E-state index in [-0.39, 0.29) is 0 Å². The molecule has 1 unspecified atom stereocenters. The zero-order valence-electron chi connectivity index (χ0n) is 10.8. The van der Waals surface area contributed by atoms with E-state index in [0.717, 1.165) is 37.7 Å². The molecule has 1 aliphatic heterocycles. The van der Waals surface area contributed by atoms with E-state index in [1.54, 1.807) is 0 Å². The fraction of sp³-hybridized carbons (Fsp3) is 0.571. The summed E-state index contributed by atoms with van der Waals surface area (Å²) in [6, 6.07) is 7.67. The topological polar surface area (TPSA) is 40.2 Å². The highest BCUT2D eigenvalue weighted by Gasteiger charge is 2.22. The van der Waals surface area contributed by atoms with Crippen molar-refractivity contribution >= 4 is 0 Å². The minimum Gasteiger partial charge on any atom is -0.494 e. The van der Waals surface area contributed by atoms with Crippen molar-refractivity contribution in [3.8, 4) is 11.5 Å². The molecular formula is C14H20O4. The van der Waals surface area contributed by atoms with E-state index in [0.29, 0.717) is 19.3 Å². The first-order valence-corrected chi connectivity index (χ1v) is 6.43. The summed E-state index contributed by atoms with van der Waals surface area (Å²) in [5, 5.41) is 0. The molecule has 0 aromatic heterocycles. The van der Waals surface area contributed by atoms with Crippen LogP contribution in [0.25, 0.3) is 0 Å². The van der Waals surface area contributed by atoms with Crippen molar-refractivity contribution in [2.24, 2.45) is 0 Å². The van der Waals surface area contributed by atoms with Crippen LogP contribution in [-0.2, 0) is 9.47 Å². The van der Waals surface area contributed by atoms with E-state index in [2.05, 4.69) is 0 Å². The number of benzene rings is 1. The molecule has 1 heterocycles. The van der Waals surface area contributed by atoms with Crippen LogP contribution in [0.1, 0.15) is 13.3 Å². The summed E-state index contributed by atoms with van der Waals surface area (Å²) < 4.78 is 21.4. The van der Waals surface area contributed by atoms with Crippen LogP contribution in [0.15, 0.2) is 24.3 Å². The summed E-state index contributed by atoms with van der Waals surface area (Å²) in [6.45, 7) is 5.63. The van der Waals surface area contributed by atoms with Gasteiger partial charge >= 0.3 is 0 Å². The third-order valence-electron chi connectivity index (χ3n) is 2.57. The molecule has 0 spiro atoms. The molecule has 1 aliphatic rings. The molecule has 0 N–H and O–H groups in total. The van der Waals surface area contributed by atoms with E-state index in [4.69, 9.17) is 18.9 Å². The van der Waals surface area contributed by atoms with Crippen LogP contribution in [0.2, 0.25) is 0 Å². The SMILES string of the molecule is CCOCCCOc1ccc(OCC2CO2)cc1. The van der Waals surface area contributed by atoms with E-state index in [1.807, 2.05) is 31.2 Å². The quantitative estimate of drug-likeness (QED) is 0.499. The number of epoxide rings is 1. The molecule has 2 rings (SSSR count). The maximum absolute atomic E-state index is 5.59. The van der Waals surface area contributed by atoms with Crippen LogP contribution in [0, 0.1) is 0 Å². The average Bonchev–Trinajstić information content (AvgIpc) is 3.22. The number of rotatable bonds is 9. The average molecular weight is 252 g/mol. The Bertz CT molecular complexity index is 332.